The molecule has 2 heterocycles. The molecule has 2 aliphatic heterocycles. The number of guanidine groups is 1. The summed E-state index contributed by atoms with van der Waals surface area (Å²) >= 11 is 0. The van der Waals surface area contributed by atoms with Crippen LogP contribution in [0.1, 0.15) is 25.3 Å². The number of halogens is 1. The van der Waals surface area contributed by atoms with Crippen LogP contribution in [0, 0.1) is 0 Å². The minimum Gasteiger partial charge on any atom is -0.357 e. The van der Waals surface area contributed by atoms with E-state index in [1.54, 1.807) is 0 Å². The number of hydrogen-bond acceptors (Lipinski definition) is 4. The van der Waals surface area contributed by atoms with Crippen LogP contribution < -0.4 is 10.6 Å². The summed E-state index contributed by atoms with van der Waals surface area (Å²) in [6.07, 6.45) is 2.45. The van der Waals surface area contributed by atoms with Crippen LogP contribution in [0.4, 0.5) is 0 Å². The highest BCUT2D eigenvalue weighted by molar-refractivity contribution is 14.0. The summed E-state index contributed by atoms with van der Waals surface area (Å²) in [5.74, 6) is 0.968. The van der Waals surface area contributed by atoms with Crippen molar-refractivity contribution in [2.24, 2.45) is 4.99 Å². The minimum atomic E-state index is 0. The fraction of sp³-hybridized carbons (Fsp3) is 0.682. The van der Waals surface area contributed by atoms with Crippen molar-refractivity contribution >= 4 is 29.9 Å². The van der Waals surface area contributed by atoms with Crippen molar-refractivity contribution in [3.8, 4) is 0 Å². The zero-order chi connectivity index (χ0) is 19.8. The highest BCUT2D eigenvalue weighted by atomic mass is 127. The average molecular weight is 515 g/mol. The Morgan fingerprint density at radius 3 is 2.66 bits per heavy atom. The molecule has 2 fully saturated rings. The Bertz CT molecular complexity index is 611. The maximum absolute atomic E-state index is 4.93. The molecule has 2 saturated heterocycles. The van der Waals surface area contributed by atoms with Crippen molar-refractivity contribution < 1.29 is 0 Å². The van der Waals surface area contributed by atoms with Gasteiger partial charge in [-0.3, -0.25) is 14.8 Å². The Balaban J connectivity index is 0.00000300. The number of nitrogens with one attached hydrogen (secondary N) is 2. The first kappa shape index (κ1) is 24.4. The zero-order valence-electron chi connectivity index (χ0n) is 18.3. The molecule has 2 unspecified atom stereocenters. The third kappa shape index (κ3) is 8.03. The van der Waals surface area contributed by atoms with Crippen LogP contribution in [0.2, 0.25) is 0 Å². The number of piperidine rings is 1. The van der Waals surface area contributed by atoms with E-state index in [0.717, 1.165) is 51.8 Å². The molecule has 1 aromatic rings. The fourth-order valence-corrected chi connectivity index (χ4v) is 4.17. The summed E-state index contributed by atoms with van der Waals surface area (Å²) in [6, 6.07) is 11.7. The SMILES string of the molecule is CCNC(=NCC1CN(C)CCN1C)NC1CCCN(Cc2ccccc2)C1.I. The molecule has 0 spiro atoms. The number of hydrogen-bond donors (Lipinski definition) is 2. The second kappa shape index (κ2) is 12.7. The van der Waals surface area contributed by atoms with Gasteiger partial charge in [-0.1, -0.05) is 30.3 Å². The molecule has 3 rings (SSSR count). The molecule has 0 saturated carbocycles. The summed E-state index contributed by atoms with van der Waals surface area (Å²) in [6.45, 7) is 10.5. The van der Waals surface area contributed by atoms with E-state index in [4.69, 9.17) is 4.99 Å². The van der Waals surface area contributed by atoms with Gasteiger partial charge in [0.15, 0.2) is 5.96 Å². The molecular formula is C22H39IN6. The van der Waals surface area contributed by atoms with Crippen LogP contribution in [0.5, 0.6) is 0 Å². The smallest absolute Gasteiger partial charge is 0.191 e. The standard InChI is InChI=1S/C22H38N6.HI/c1-4-23-22(24-15-21-18-26(2)13-14-27(21)3)25-20-11-8-12-28(17-20)16-19-9-6-5-7-10-19;/h5-7,9-10,20-21H,4,8,11-18H2,1-3H3,(H2,23,24,25);1H. The Morgan fingerprint density at radius 1 is 1.10 bits per heavy atom. The lowest BCUT2D eigenvalue weighted by molar-refractivity contribution is 0.119. The van der Waals surface area contributed by atoms with Crippen LogP contribution in [-0.2, 0) is 6.54 Å². The van der Waals surface area contributed by atoms with Crippen molar-refractivity contribution in [1.29, 1.82) is 0 Å². The number of benzene rings is 1. The molecule has 164 valence electrons. The summed E-state index contributed by atoms with van der Waals surface area (Å²) in [7, 11) is 4.42. The molecule has 0 aromatic heterocycles. The normalized spacial score (nSPS) is 24.7. The zero-order valence-corrected chi connectivity index (χ0v) is 20.6. The van der Waals surface area contributed by atoms with Gasteiger partial charge in [-0.2, -0.15) is 0 Å². The largest absolute Gasteiger partial charge is 0.357 e. The first-order valence-corrected chi connectivity index (χ1v) is 10.8. The molecule has 2 aliphatic rings. The number of likely N-dealkylation sites (N-methyl/N-ethyl adjacent to an activating group) is 2. The van der Waals surface area contributed by atoms with E-state index in [9.17, 15) is 0 Å². The third-order valence-electron chi connectivity index (χ3n) is 5.88. The first-order chi connectivity index (χ1) is 13.6. The lowest BCUT2D eigenvalue weighted by Gasteiger charge is -2.37. The molecule has 0 aliphatic carbocycles. The molecule has 0 amide bonds. The van der Waals surface area contributed by atoms with Crippen molar-refractivity contribution in [2.45, 2.75) is 38.4 Å². The number of aliphatic imine (C=N–C) groups is 1. The Kier molecular flexibility index (Phi) is 10.7. The van der Waals surface area contributed by atoms with E-state index >= 15 is 0 Å². The summed E-state index contributed by atoms with van der Waals surface area (Å²) in [5, 5.41) is 7.15. The third-order valence-corrected chi connectivity index (χ3v) is 5.88. The van der Waals surface area contributed by atoms with Crippen molar-refractivity contribution in [1.82, 2.24) is 25.3 Å². The van der Waals surface area contributed by atoms with E-state index in [-0.39, 0.29) is 24.0 Å². The minimum absolute atomic E-state index is 0. The van der Waals surface area contributed by atoms with Gasteiger partial charge in [0, 0.05) is 51.4 Å². The molecule has 1 aromatic carbocycles. The lowest BCUT2D eigenvalue weighted by atomic mass is 10.0. The Morgan fingerprint density at radius 2 is 1.90 bits per heavy atom. The highest BCUT2D eigenvalue weighted by Gasteiger charge is 2.23. The van der Waals surface area contributed by atoms with E-state index in [2.05, 4.69) is 76.7 Å². The van der Waals surface area contributed by atoms with Gasteiger partial charge in [-0.15, -0.1) is 24.0 Å². The molecule has 7 heteroatoms. The molecule has 29 heavy (non-hydrogen) atoms. The van der Waals surface area contributed by atoms with Gasteiger partial charge in [0.1, 0.15) is 0 Å². The van der Waals surface area contributed by atoms with Crippen LogP contribution in [-0.4, -0.2) is 92.7 Å². The number of rotatable bonds is 6. The van der Waals surface area contributed by atoms with Gasteiger partial charge in [0.2, 0.25) is 0 Å². The van der Waals surface area contributed by atoms with Gasteiger partial charge < -0.3 is 15.5 Å². The van der Waals surface area contributed by atoms with Crippen molar-refractivity contribution in [2.75, 3.05) is 59.9 Å². The number of likely N-dealkylation sites (tertiary alicyclic amines) is 1. The van der Waals surface area contributed by atoms with E-state index in [1.165, 1.54) is 24.9 Å². The van der Waals surface area contributed by atoms with Crippen LogP contribution >= 0.6 is 24.0 Å². The lowest BCUT2D eigenvalue weighted by Crippen LogP contribution is -2.53. The molecule has 0 radical (unpaired) electrons. The quantitative estimate of drug-likeness (QED) is 0.346. The number of piperazine rings is 1. The van der Waals surface area contributed by atoms with Crippen LogP contribution in [0.15, 0.2) is 35.3 Å². The Hall–Kier alpha value is -0.900. The molecule has 6 nitrogen and oxygen atoms in total. The topological polar surface area (TPSA) is 46.1 Å². The van der Waals surface area contributed by atoms with Gasteiger partial charge in [-0.25, -0.2) is 0 Å². The second-order valence-corrected chi connectivity index (χ2v) is 8.32. The van der Waals surface area contributed by atoms with Crippen molar-refractivity contribution in [3.63, 3.8) is 0 Å². The number of nitrogens with zero attached hydrogens (tertiary/aromatic N) is 4. The fourth-order valence-electron chi connectivity index (χ4n) is 4.17. The molecule has 2 atom stereocenters. The van der Waals surface area contributed by atoms with Crippen LogP contribution in [0.25, 0.3) is 0 Å². The van der Waals surface area contributed by atoms with E-state index < -0.39 is 0 Å². The average Bonchev–Trinajstić information content (AvgIpc) is 2.70. The maximum atomic E-state index is 4.93. The van der Waals surface area contributed by atoms with E-state index in [1.807, 2.05) is 0 Å². The molecular weight excluding hydrogens is 475 g/mol. The maximum Gasteiger partial charge on any atom is 0.191 e. The molecule has 2 N–H and O–H groups in total. The highest BCUT2D eigenvalue weighted by Crippen LogP contribution is 2.14. The van der Waals surface area contributed by atoms with Gasteiger partial charge in [-0.05, 0) is 46.0 Å². The predicted molar refractivity (Wildman–Crippen MR) is 133 cm³/mol. The van der Waals surface area contributed by atoms with Gasteiger partial charge in [0.25, 0.3) is 0 Å². The van der Waals surface area contributed by atoms with E-state index in [0.29, 0.717) is 12.1 Å². The van der Waals surface area contributed by atoms with Gasteiger partial charge in [0.05, 0.1) is 6.54 Å². The molecule has 0 bridgehead atoms. The predicted octanol–water partition coefficient (Wildman–Crippen LogP) is 2.07. The van der Waals surface area contributed by atoms with Crippen molar-refractivity contribution in [3.05, 3.63) is 35.9 Å². The first-order valence-electron chi connectivity index (χ1n) is 10.8. The summed E-state index contributed by atoms with van der Waals surface area (Å²) in [4.78, 5) is 12.3. The Labute approximate surface area is 194 Å². The summed E-state index contributed by atoms with van der Waals surface area (Å²) < 4.78 is 0. The monoisotopic (exact) mass is 514 g/mol. The second-order valence-electron chi connectivity index (χ2n) is 8.32. The summed E-state index contributed by atoms with van der Waals surface area (Å²) in [5.41, 5.74) is 1.40. The van der Waals surface area contributed by atoms with Gasteiger partial charge >= 0.3 is 0 Å². The van der Waals surface area contributed by atoms with Crippen LogP contribution in [0.3, 0.4) is 0 Å².